The molecule has 0 amide bonds. The van der Waals surface area contributed by atoms with E-state index in [1.54, 1.807) is 7.11 Å². The van der Waals surface area contributed by atoms with E-state index in [2.05, 4.69) is 27.3 Å². The van der Waals surface area contributed by atoms with Crippen LogP contribution < -0.4 is 10.1 Å². The molecule has 1 fully saturated rings. The van der Waals surface area contributed by atoms with Crippen molar-refractivity contribution in [1.82, 2.24) is 5.32 Å². The van der Waals surface area contributed by atoms with Crippen LogP contribution in [0.15, 0.2) is 27.3 Å². The third-order valence-corrected chi connectivity index (χ3v) is 4.19. The molecule has 1 N–H and O–H groups in total. The van der Waals surface area contributed by atoms with Crippen LogP contribution in [0.3, 0.4) is 0 Å². The number of nitrogens with one attached hydrogen (secondary N) is 1. The maximum absolute atomic E-state index is 5.70. The van der Waals surface area contributed by atoms with Crippen molar-refractivity contribution in [3.63, 3.8) is 0 Å². The number of rotatable bonds is 2. The molecule has 96 valence electrons. The highest BCUT2D eigenvalue weighted by Gasteiger charge is 2.21. The minimum absolute atomic E-state index is 0.541. The van der Waals surface area contributed by atoms with Crippen molar-refractivity contribution in [3.05, 3.63) is 28.4 Å². The molecule has 0 saturated carbocycles. The van der Waals surface area contributed by atoms with Crippen molar-refractivity contribution < 1.29 is 9.15 Å². The molecular formula is C14H16BrNO2. The first-order valence-corrected chi connectivity index (χ1v) is 7.04. The second-order valence-electron chi connectivity index (χ2n) is 4.72. The highest BCUT2D eigenvalue weighted by Crippen LogP contribution is 2.37. The monoisotopic (exact) mass is 309 g/mol. The van der Waals surface area contributed by atoms with E-state index in [0.717, 1.165) is 34.3 Å². The Morgan fingerprint density at radius 1 is 1.44 bits per heavy atom. The zero-order chi connectivity index (χ0) is 12.5. The average Bonchev–Trinajstić information content (AvgIpc) is 2.84. The Kier molecular flexibility index (Phi) is 3.31. The fourth-order valence-electron chi connectivity index (χ4n) is 2.64. The quantitative estimate of drug-likeness (QED) is 0.919. The van der Waals surface area contributed by atoms with Crippen LogP contribution in [0.5, 0.6) is 5.75 Å². The van der Waals surface area contributed by atoms with E-state index in [-0.39, 0.29) is 0 Å². The Morgan fingerprint density at radius 2 is 2.33 bits per heavy atom. The molecule has 0 aliphatic carbocycles. The fraction of sp³-hybridized carbons (Fsp3) is 0.429. The molecule has 0 spiro atoms. The summed E-state index contributed by atoms with van der Waals surface area (Å²) < 4.78 is 12.0. The third-order valence-electron chi connectivity index (χ3n) is 3.60. The van der Waals surface area contributed by atoms with Gasteiger partial charge in [0.25, 0.3) is 0 Å². The molecule has 1 unspecified atom stereocenters. The number of furan rings is 1. The van der Waals surface area contributed by atoms with Gasteiger partial charge in [0, 0.05) is 23.4 Å². The lowest BCUT2D eigenvalue weighted by Gasteiger charge is -2.21. The van der Waals surface area contributed by atoms with Gasteiger partial charge in [-0.25, -0.2) is 0 Å². The van der Waals surface area contributed by atoms with Gasteiger partial charge < -0.3 is 14.5 Å². The third kappa shape index (κ3) is 2.04. The van der Waals surface area contributed by atoms with Gasteiger partial charge in [-0.2, -0.15) is 0 Å². The Bertz CT molecular complexity index is 558. The van der Waals surface area contributed by atoms with Crippen molar-refractivity contribution >= 4 is 26.9 Å². The summed E-state index contributed by atoms with van der Waals surface area (Å²) in [4.78, 5) is 0. The maximum Gasteiger partial charge on any atom is 0.148 e. The summed E-state index contributed by atoms with van der Waals surface area (Å²) in [5, 5.41) is 4.61. The molecule has 4 heteroatoms. The standard InChI is InChI=1S/C14H16BrNO2/c1-17-10-5-11-12(9-3-2-4-16-7-9)8-18-14(11)13(15)6-10/h5-6,8-9,16H,2-4,7H2,1H3. The second kappa shape index (κ2) is 4.94. The molecule has 0 radical (unpaired) electrons. The Morgan fingerprint density at radius 3 is 3.06 bits per heavy atom. The van der Waals surface area contributed by atoms with Crippen molar-refractivity contribution in [3.8, 4) is 5.75 Å². The molecule has 2 heterocycles. The van der Waals surface area contributed by atoms with Gasteiger partial charge >= 0.3 is 0 Å². The number of hydrogen-bond donors (Lipinski definition) is 1. The number of benzene rings is 1. The first kappa shape index (κ1) is 12.1. The van der Waals surface area contributed by atoms with E-state index in [9.17, 15) is 0 Å². The van der Waals surface area contributed by atoms with Crippen LogP contribution in [0.2, 0.25) is 0 Å². The van der Waals surface area contributed by atoms with Crippen LogP contribution in [-0.4, -0.2) is 20.2 Å². The van der Waals surface area contributed by atoms with Gasteiger partial charge in [-0.05, 0) is 47.4 Å². The van der Waals surface area contributed by atoms with Gasteiger partial charge in [0.05, 0.1) is 17.8 Å². The van der Waals surface area contributed by atoms with Crippen molar-refractivity contribution in [2.24, 2.45) is 0 Å². The van der Waals surface area contributed by atoms with Gasteiger partial charge in [-0.1, -0.05) is 0 Å². The number of methoxy groups -OCH3 is 1. The van der Waals surface area contributed by atoms with Gasteiger partial charge in [0.1, 0.15) is 11.3 Å². The van der Waals surface area contributed by atoms with E-state index < -0.39 is 0 Å². The molecule has 2 aromatic rings. The first-order chi connectivity index (χ1) is 8.79. The molecule has 3 nitrogen and oxygen atoms in total. The van der Waals surface area contributed by atoms with Gasteiger partial charge in [-0.15, -0.1) is 0 Å². The van der Waals surface area contributed by atoms with Crippen LogP contribution in [0.4, 0.5) is 0 Å². The normalized spacial score (nSPS) is 20.2. The molecule has 1 atom stereocenters. The zero-order valence-corrected chi connectivity index (χ0v) is 11.9. The van der Waals surface area contributed by atoms with Gasteiger partial charge in [-0.3, -0.25) is 0 Å². The van der Waals surface area contributed by atoms with E-state index in [0.29, 0.717) is 5.92 Å². The van der Waals surface area contributed by atoms with E-state index in [1.165, 1.54) is 18.4 Å². The number of ether oxygens (including phenoxy) is 1. The Labute approximate surface area is 115 Å². The van der Waals surface area contributed by atoms with Crippen LogP contribution in [0.25, 0.3) is 11.0 Å². The van der Waals surface area contributed by atoms with E-state index in [1.807, 2.05) is 12.3 Å². The van der Waals surface area contributed by atoms with Crippen LogP contribution in [0.1, 0.15) is 24.3 Å². The predicted molar refractivity (Wildman–Crippen MR) is 75.3 cm³/mol. The summed E-state index contributed by atoms with van der Waals surface area (Å²) in [7, 11) is 1.69. The predicted octanol–water partition coefficient (Wildman–Crippen LogP) is 3.67. The molecule has 3 rings (SSSR count). The van der Waals surface area contributed by atoms with E-state index >= 15 is 0 Å². The second-order valence-corrected chi connectivity index (χ2v) is 5.57. The number of piperidine rings is 1. The Hall–Kier alpha value is -1.00. The Balaban J connectivity index is 2.09. The van der Waals surface area contributed by atoms with E-state index in [4.69, 9.17) is 9.15 Å². The zero-order valence-electron chi connectivity index (χ0n) is 10.3. The summed E-state index contributed by atoms with van der Waals surface area (Å²) in [6, 6.07) is 4.00. The largest absolute Gasteiger partial charge is 0.497 e. The highest BCUT2D eigenvalue weighted by atomic mass is 79.9. The van der Waals surface area contributed by atoms with Crippen molar-refractivity contribution in [2.75, 3.05) is 20.2 Å². The van der Waals surface area contributed by atoms with Crippen molar-refractivity contribution in [1.29, 1.82) is 0 Å². The molecule has 1 aromatic heterocycles. The van der Waals surface area contributed by atoms with Gasteiger partial charge in [0.15, 0.2) is 0 Å². The molecular weight excluding hydrogens is 294 g/mol. The maximum atomic E-state index is 5.70. The SMILES string of the molecule is COc1cc(Br)c2occ(C3CCCNC3)c2c1. The lowest BCUT2D eigenvalue weighted by molar-refractivity contribution is 0.415. The summed E-state index contributed by atoms with van der Waals surface area (Å²) in [6.07, 6.45) is 4.34. The lowest BCUT2D eigenvalue weighted by Crippen LogP contribution is -2.28. The van der Waals surface area contributed by atoms with Crippen molar-refractivity contribution in [2.45, 2.75) is 18.8 Å². The number of halogens is 1. The smallest absolute Gasteiger partial charge is 0.148 e. The molecule has 1 aliphatic rings. The summed E-state index contributed by atoms with van der Waals surface area (Å²) in [5.74, 6) is 1.40. The summed E-state index contributed by atoms with van der Waals surface area (Å²) in [6.45, 7) is 2.16. The average molecular weight is 310 g/mol. The van der Waals surface area contributed by atoms with Gasteiger partial charge in [0.2, 0.25) is 0 Å². The fourth-order valence-corrected chi connectivity index (χ4v) is 3.17. The molecule has 18 heavy (non-hydrogen) atoms. The molecule has 1 saturated heterocycles. The first-order valence-electron chi connectivity index (χ1n) is 6.25. The minimum atomic E-state index is 0.541. The van der Waals surface area contributed by atoms with Crippen LogP contribution >= 0.6 is 15.9 Å². The topological polar surface area (TPSA) is 34.4 Å². The molecule has 1 aliphatic heterocycles. The number of fused-ring (bicyclic) bond motifs is 1. The summed E-state index contributed by atoms with van der Waals surface area (Å²) in [5.41, 5.74) is 2.20. The van der Waals surface area contributed by atoms with Crippen LogP contribution in [0, 0.1) is 0 Å². The summed E-state index contributed by atoms with van der Waals surface area (Å²) >= 11 is 3.54. The molecule has 1 aromatic carbocycles. The highest BCUT2D eigenvalue weighted by molar-refractivity contribution is 9.10. The lowest BCUT2D eigenvalue weighted by atomic mass is 9.91. The minimum Gasteiger partial charge on any atom is -0.497 e. The molecule has 0 bridgehead atoms. The van der Waals surface area contributed by atoms with Crippen LogP contribution in [-0.2, 0) is 0 Å². The number of hydrogen-bond acceptors (Lipinski definition) is 3.